The Kier molecular flexibility index (Phi) is 6.56. The highest BCUT2D eigenvalue weighted by atomic mass is 16.5. The lowest BCUT2D eigenvalue weighted by atomic mass is 10.1. The molecule has 2 amide bonds. The molecular weight excluding hydrogens is 256 g/mol. The number of nitrogens with one attached hydrogen (secondary N) is 1. The molecule has 1 atom stereocenters. The van der Waals surface area contributed by atoms with E-state index in [-0.39, 0.29) is 6.03 Å². The van der Waals surface area contributed by atoms with Crippen LogP contribution in [-0.2, 0) is 16.0 Å². The van der Waals surface area contributed by atoms with Gasteiger partial charge in [0.05, 0.1) is 7.11 Å². The Bertz CT molecular complexity index is 430. The summed E-state index contributed by atoms with van der Waals surface area (Å²) in [5, 5.41) is 2.73. The first kappa shape index (κ1) is 16.0. The molecule has 1 aromatic rings. The van der Waals surface area contributed by atoms with Gasteiger partial charge in [-0.3, -0.25) is 0 Å². The monoisotopic (exact) mass is 278 g/mol. The molecule has 0 bridgehead atoms. The molecule has 0 radical (unpaired) electrons. The first-order valence-electron chi connectivity index (χ1n) is 6.79. The van der Waals surface area contributed by atoms with Crippen LogP contribution in [0.4, 0.5) is 4.79 Å². The topological polar surface area (TPSA) is 58.6 Å². The summed E-state index contributed by atoms with van der Waals surface area (Å²) in [5.74, 6) is -0.436. The number of carbonyl (C=O) groups is 2. The molecule has 0 saturated heterocycles. The second-order valence-electron chi connectivity index (χ2n) is 4.39. The number of nitrogens with zero attached hydrogens (tertiary/aromatic N) is 1. The number of esters is 1. The fourth-order valence-electron chi connectivity index (χ4n) is 1.94. The second kappa shape index (κ2) is 8.19. The third kappa shape index (κ3) is 4.57. The minimum atomic E-state index is -0.671. The summed E-state index contributed by atoms with van der Waals surface area (Å²) < 4.78 is 4.76. The molecule has 0 aliphatic rings. The van der Waals surface area contributed by atoms with Crippen LogP contribution in [0, 0.1) is 0 Å². The average molecular weight is 278 g/mol. The zero-order valence-electron chi connectivity index (χ0n) is 12.3. The molecular formula is C15H22N2O3. The van der Waals surface area contributed by atoms with Crippen molar-refractivity contribution in [2.45, 2.75) is 26.3 Å². The van der Waals surface area contributed by atoms with Gasteiger partial charge in [0.2, 0.25) is 0 Å². The van der Waals surface area contributed by atoms with Gasteiger partial charge < -0.3 is 15.0 Å². The van der Waals surface area contributed by atoms with Gasteiger partial charge in [-0.05, 0) is 19.4 Å². The summed E-state index contributed by atoms with van der Waals surface area (Å²) in [6.45, 7) is 4.99. The lowest BCUT2D eigenvalue weighted by Gasteiger charge is -2.23. The summed E-state index contributed by atoms with van der Waals surface area (Å²) in [5.41, 5.74) is 0.975. The highest BCUT2D eigenvalue weighted by Gasteiger charge is 2.23. The molecule has 0 unspecified atom stereocenters. The summed E-state index contributed by atoms with van der Waals surface area (Å²) in [4.78, 5) is 25.5. The van der Waals surface area contributed by atoms with E-state index < -0.39 is 12.0 Å². The van der Waals surface area contributed by atoms with Crippen molar-refractivity contribution >= 4 is 12.0 Å². The molecule has 5 heteroatoms. The van der Waals surface area contributed by atoms with Crippen molar-refractivity contribution in [2.24, 2.45) is 0 Å². The highest BCUT2D eigenvalue weighted by molar-refractivity contribution is 5.83. The lowest BCUT2D eigenvalue weighted by molar-refractivity contribution is -0.142. The number of urea groups is 1. The van der Waals surface area contributed by atoms with Crippen LogP contribution in [0.1, 0.15) is 19.4 Å². The molecule has 0 spiro atoms. The molecule has 0 aliphatic carbocycles. The molecule has 0 aromatic heterocycles. The molecule has 0 heterocycles. The van der Waals surface area contributed by atoms with Crippen LogP contribution in [0.3, 0.4) is 0 Å². The van der Waals surface area contributed by atoms with Crippen LogP contribution >= 0.6 is 0 Å². The Hall–Kier alpha value is -2.04. The van der Waals surface area contributed by atoms with E-state index in [9.17, 15) is 9.59 Å². The van der Waals surface area contributed by atoms with Gasteiger partial charge in [0, 0.05) is 19.5 Å². The quantitative estimate of drug-likeness (QED) is 0.808. The molecule has 20 heavy (non-hydrogen) atoms. The summed E-state index contributed by atoms with van der Waals surface area (Å²) in [6, 6.07) is 8.62. The first-order valence-corrected chi connectivity index (χ1v) is 6.79. The normalized spacial score (nSPS) is 11.6. The van der Waals surface area contributed by atoms with Gasteiger partial charge in [-0.15, -0.1) is 0 Å². The van der Waals surface area contributed by atoms with Gasteiger partial charge in [0.25, 0.3) is 0 Å². The largest absolute Gasteiger partial charge is 0.467 e. The van der Waals surface area contributed by atoms with Gasteiger partial charge in [-0.1, -0.05) is 30.3 Å². The minimum Gasteiger partial charge on any atom is -0.467 e. The van der Waals surface area contributed by atoms with Crippen LogP contribution in [0.5, 0.6) is 0 Å². The zero-order chi connectivity index (χ0) is 15.0. The van der Waals surface area contributed by atoms with Crippen LogP contribution < -0.4 is 5.32 Å². The van der Waals surface area contributed by atoms with E-state index in [1.54, 1.807) is 4.90 Å². The number of hydrogen-bond donors (Lipinski definition) is 1. The fourth-order valence-corrected chi connectivity index (χ4v) is 1.94. The van der Waals surface area contributed by atoms with Crippen molar-refractivity contribution in [3.05, 3.63) is 35.9 Å². The number of methoxy groups -OCH3 is 1. The molecule has 1 N–H and O–H groups in total. The Morgan fingerprint density at radius 2 is 1.80 bits per heavy atom. The molecule has 0 aliphatic heterocycles. The van der Waals surface area contributed by atoms with Crippen molar-refractivity contribution in [2.75, 3.05) is 20.2 Å². The molecule has 5 nitrogen and oxygen atoms in total. The maximum atomic E-state index is 12.0. The summed E-state index contributed by atoms with van der Waals surface area (Å²) >= 11 is 0. The maximum Gasteiger partial charge on any atom is 0.328 e. The van der Waals surface area contributed by atoms with Gasteiger partial charge in [-0.25, -0.2) is 9.59 Å². The van der Waals surface area contributed by atoms with Crippen LogP contribution in [0.2, 0.25) is 0 Å². The number of amides is 2. The zero-order valence-corrected chi connectivity index (χ0v) is 12.3. The Labute approximate surface area is 119 Å². The first-order chi connectivity index (χ1) is 9.62. The van der Waals surface area contributed by atoms with Crippen LogP contribution in [0.25, 0.3) is 0 Å². The van der Waals surface area contributed by atoms with Crippen LogP contribution in [0.15, 0.2) is 30.3 Å². The summed E-state index contributed by atoms with van der Waals surface area (Å²) in [7, 11) is 1.32. The van der Waals surface area contributed by atoms with Crippen molar-refractivity contribution in [1.82, 2.24) is 10.2 Å². The van der Waals surface area contributed by atoms with Gasteiger partial charge in [0.15, 0.2) is 0 Å². The third-order valence-electron chi connectivity index (χ3n) is 3.12. The van der Waals surface area contributed by atoms with Crippen molar-refractivity contribution < 1.29 is 14.3 Å². The molecule has 110 valence electrons. The standard InChI is InChI=1S/C15H22N2O3/c1-4-17(5-2)15(19)16-13(14(18)20-3)11-12-9-7-6-8-10-12/h6-10,13H,4-5,11H2,1-3H3,(H,16,19)/t13-/m0/s1. The van der Waals surface area contributed by atoms with E-state index in [1.165, 1.54) is 7.11 Å². The average Bonchev–Trinajstić information content (AvgIpc) is 2.48. The van der Waals surface area contributed by atoms with Gasteiger partial charge >= 0.3 is 12.0 Å². The summed E-state index contributed by atoms with van der Waals surface area (Å²) in [6.07, 6.45) is 0.417. The van der Waals surface area contributed by atoms with Crippen molar-refractivity contribution in [3.63, 3.8) is 0 Å². The van der Waals surface area contributed by atoms with E-state index >= 15 is 0 Å². The SMILES string of the molecule is CCN(CC)C(=O)N[C@@H](Cc1ccccc1)C(=O)OC. The number of rotatable bonds is 6. The molecule has 1 rings (SSSR count). The molecule has 0 saturated carbocycles. The van der Waals surface area contributed by atoms with E-state index in [0.29, 0.717) is 19.5 Å². The highest BCUT2D eigenvalue weighted by Crippen LogP contribution is 2.05. The smallest absolute Gasteiger partial charge is 0.328 e. The van der Waals surface area contributed by atoms with Crippen molar-refractivity contribution in [3.8, 4) is 0 Å². The predicted octanol–water partition coefficient (Wildman–Crippen LogP) is 1.82. The Balaban J connectivity index is 2.75. The Morgan fingerprint density at radius 1 is 1.20 bits per heavy atom. The fraction of sp³-hybridized carbons (Fsp3) is 0.467. The number of benzene rings is 1. The lowest BCUT2D eigenvalue weighted by Crippen LogP contribution is -2.49. The minimum absolute atomic E-state index is 0.249. The van der Waals surface area contributed by atoms with Gasteiger partial charge in [0.1, 0.15) is 6.04 Å². The third-order valence-corrected chi connectivity index (χ3v) is 3.12. The predicted molar refractivity (Wildman–Crippen MR) is 77.4 cm³/mol. The Morgan fingerprint density at radius 3 is 2.30 bits per heavy atom. The van der Waals surface area contributed by atoms with E-state index in [1.807, 2.05) is 44.2 Å². The van der Waals surface area contributed by atoms with Gasteiger partial charge in [-0.2, -0.15) is 0 Å². The van der Waals surface area contributed by atoms with E-state index in [0.717, 1.165) is 5.56 Å². The second-order valence-corrected chi connectivity index (χ2v) is 4.39. The molecule has 0 fully saturated rings. The number of carbonyl (C=O) groups excluding carboxylic acids is 2. The van der Waals surface area contributed by atoms with Crippen LogP contribution in [-0.4, -0.2) is 43.1 Å². The maximum absolute atomic E-state index is 12.0. The van der Waals surface area contributed by atoms with Crippen molar-refractivity contribution in [1.29, 1.82) is 0 Å². The number of ether oxygens (including phenoxy) is 1. The molecule has 1 aromatic carbocycles. The van der Waals surface area contributed by atoms with E-state index in [2.05, 4.69) is 5.32 Å². The van der Waals surface area contributed by atoms with E-state index in [4.69, 9.17) is 4.74 Å². The number of hydrogen-bond acceptors (Lipinski definition) is 3.